The normalized spacial score (nSPS) is 10.8. The minimum Gasteiger partial charge on any atom is -0.489 e. The molecule has 2 aromatic carbocycles. The molecule has 2 nitrogen and oxygen atoms in total. The standard InChI is InChI=1S/C19H25NO/c1-13(2)21-19-9-7-6-8-18(19)20-12-17-15(4)10-14(3)11-16(17)5/h6-11,13,20H,12H2,1-5H3. The third-order valence-corrected chi connectivity index (χ3v) is 3.55. The number of para-hydroxylation sites is 2. The fourth-order valence-corrected chi connectivity index (χ4v) is 2.64. The number of nitrogens with one attached hydrogen (secondary N) is 1. The van der Waals surface area contributed by atoms with Crippen molar-refractivity contribution >= 4 is 5.69 Å². The van der Waals surface area contributed by atoms with Crippen LogP contribution in [0.25, 0.3) is 0 Å². The van der Waals surface area contributed by atoms with Gasteiger partial charge in [0, 0.05) is 6.54 Å². The first-order chi connectivity index (χ1) is 9.97. The van der Waals surface area contributed by atoms with Gasteiger partial charge in [-0.05, 0) is 63.4 Å². The van der Waals surface area contributed by atoms with Crippen LogP contribution in [0.4, 0.5) is 5.69 Å². The van der Waals surface area contributed by atoms with Crippen LogP contribution in [-0.4, -0.2) is 6.10 Å². The second-order valence-electron chi connectivity index (χ2n) is 5.89. The van der Waals surface area contributed by atoms with Crippen molar-refractivity contribution in [3.05, 3.63) is 58.7 Å². The van der Waals surface area contributed by atoms with Crippen LogP contribution in [0.3, 0.4) is 0 Å². The highest BCUT2D eigenvalue weighted by Crippen LogP contribution is 2.26. The molecule has 2 aromatic rings. The van der Waals surface area contributed by atoms with E-state index in [4.69, 9.17) is 4.74 Å². The van der Waals surface area contributed by atoms with E-state index in [9.17, 15) is 0 Å². The summed E-state index contributed by atoms with van der Waals surface area (Å²) in [7, 11) is 0. The van der Waals surface area contributed by atoms with Crippen molar-refractivity contribution < 1.29 is 4.74 Å². The molecule has 0 bridgehead atoms. The molecule has 21 heavy (non-hydrogen) atoms. The molecule has 0 atom stereocenters. The maximum atomic E-state index is 5.85. The predicted molar refractivity (Wildman–Crippen MR) is 90.2 cm³/mol. The number of hydrogen-bond donors (Lipinski definition) is 1. The number of anilines is 1. The van der Waals surface area contributed by atoms with Crippen LogP contribution >= 0.6 is 0 Å². The second-order valence-corrected chi connectivity index (χ2v) is 5.89. The molecule has 0 fully saturated rings. The molecule has 0 saturated heterocycles. The van der Waals surface area contributed by atoms with Crippen LogP contribution in [0.2, 0.25) is 0 Å². The summed E-state index contributed by atoms with van der Waals surface area (Å²) < 4.78 is 5.85. The predicted octanol–water partition coefficient (Wildman–Crippen LogP) is 5.01. The van der Waals surface area contributed by atoms with Crippen LogP contribution in [0.5, 0.6) is 5.75 Å². The molecule has 0 aromatic heterocycles. The Hall–Kier alpha value is -1.96. The molecule has 0 saturated carbocycles. The third-order valence-electron chi connectivity index (χ3n) is 3.55. The summed E-state index contributed by atoms with van der Waals surface area (Å²) in [6.07, 6.45) is 0.177. The van der Waals surface area contributed by atoms with E-state index in [2.05, 4.69) is 44.3 Å². The number of hydrogen-bond acceptors (Lipinski definition) is 2. The van der Waals surface area contributed by atoms with Gasteiger partial charge in [-0.25, -0.2) is 0 Å². The van der Waals surface area contributed by atoms with E-state index in [1.54, 1.807) is 0 Å². The monoisotopic (exact) mass is 283 g/mol. The highest BCUT2D eigenvalue weighted by atomic mass is 16.5. The number of rotatable bonds is 5. The van der Waals surface area contributed by atoms with E-state index in [1.165, 1.54) is 22.3 Å². The van der Waals surface area contributed by atoms with Crippen molar-refractivity contribution in [3.63, 3.8) is 0 Å². The quantitative estimate of drug-likeness (QED) is 0.832. The summed E-state index contributed by atoms with van der Waals surface area (Å²) in [5.41, 5.74) is 6.40. The minimum absolute atomic E-state index is 0.177. The van der Waals surface area contributed by atoms with Crippen molar-refractivity contribution in [3.8, 4) is 5.75 Å². The van der Waals surface area contributed by atoms with E-state index in [1.807, 2.05) is 32.0 Å². The fraction of sp³-hybridized carbons (Fsp3) is 0.368. The molecular formula is C19H25NO. The molecule has 1 N–H and O–H groups in total. The van der Waals surface area contributed by atoms with E-state index in [0.29, 0.717) is 0 Å². The van der Waals surface area contributed by atoms with Crippen molar-refractivity contribution in [2.75, 3.05) is 5.32 Å². The first-order valence-electron chi connectivity index (χ1n) is 7.53. The van der Waals surface area contributed by atoms with Gasteiger partial charge in [-0.3, -0.25) is 0 Å². The van der Waals surface area contributed by atoms with Gasteiger partial charge in [0.25, 0.3) is 0 Å². The lowest BCUT2D eigenvalue weighted by atomic mass is 10.00. The Morgan fingerprint density at radius 1 is 1.00 bits per heavy atom. The zero-order valence-electron chi connectivity index (χ0n) is 13.7. The largest absolute Gasteiger partial charge is 0.489 e. The summed E-state index contributed by atoms with van der Waals surface area (Å²) in [6.45, 7) is 11.4. The lowest BCUT2D eigenvalue weighted by Gasteiger charge is -2.17. The zero-order valence-corrected chi connectivity index (χ0v) is 13.7. The number of aryl methyl sites for hydroxylation is 3. The van der Waals surface area contributed by atoms with Crippen molar-refractivity contribution in [1.29, 1.82) is 0 Å². The highest BCUT2D eigenvalue weighted by Gasteiger charge is 2.07. The molecule has 0 heterocycles. The molecule has 2 rings (SSSR count). The van der Waals surface area contributed by atoms with Crippen LogP contribution in [0, 0.1) is 20.8 Å². The van der Waals surface area contributed by atoms with E-state index in [0.717, 1.165) is 18.0 Å². The number of benzene rings is 2. The molecular weight excluding hydrogens is 258 g/mol. The van der Waals surface area contributed by atoms with E-state index < -0.39 is 0 Å². The summed E-state index contributed by atoms with van der Waals surface area (Å²) in [5, 5.41) is 3.51. The molecule has 0 aliphatic heterocycles. The van der Waals surface area contributed by atoms with Crippen molar-refractivity contribution in [2.45, 2.75) is 47.3 Å². The Bertz CT molecular complexity index is 594. The van der Waals surface area contributed by atoms with Gasteiger partial charge in [0.1, 0.15) is 5.75 Å². The molecule has 2 heteroatoms. The molecule has 0 spiro atoms. The molecule has 0 radical (unpaired) electrons. The Balaban J connectivity index is 2.17. The maximum Gasteiger partial charge on any atom is 0.142 e. The van der Waals surface area contributed by atoms with Crippen molar-refractivity contribution in [1.82, 2.24) is 0 Å². The summed E-state index contributed by atoms with van der Waals surface area (Å²) in [6, 6.07) is 12.6. The van der Waals surface area contributed by atoms with Gasteiger partial charge in [0.05, 0.1) is 11.8 Å². The van der Waals surface area contributed by atoms with Crippen LogP contribution in [0.15, 0.2) is 36.4 Å². The van der Waals surface area contributed by atoms with Gasteiger partial charge < -0.3 is 10.1 Å². The van der Waals surface area contributed by atoms with Gasteiger partial charge in [-0.15, -0.1) is 0 Å². The lowest BCUT2D eigenvalue weighted by molar-refractivity contribution is 0.243. The maximum absolute atomic E-state index is 5.85. The average molecular weight is 283 g/mol. The van der Waals surface area contributed by atoms with Gasteiger partial charge >= 0.3 is 0 Å². The summed E-state index contributed by atoms with van der Waals surface area (Å²) >= 11 is 0. The van der Waals surface area contributed by atoms with E-state index >= 15 is 0 Å². The minimum atomic E-state index is 0.177. The molecule has 0 aliphatic rings. The van der Waals surface area contributed by atoms with Gasteiger partial charge in [-0.2, -0.15) is 0 Å². The fourth-order valence-electron chi connectivity index (χ4n) is 2.64. The van der Waals surface area contributed by atoms with Gasteiger partial charge in [-0.1, -0.05) is 29.8 Å². The first-order valence-corrected chi connectivity index (χ1v) is 7.53. The Labute approximate surface area is 128 Å². The molecule has 112 valence electrons. The Kier molecular flexibility index (Phi) is 4.89. The molecule has 0 aliphatic carbocycles. The zero-order chi connectivity index (χ0) is 15.4. The smallest absolute Gasteiger partial charge is 0.142 e. The molecule has 0 unspecified atom stereocenters. The third kappa shape index (κ3) is 4.01. The lowest BCUT2D eigenvalue weighted by Crippen LogP contribution is -2.09. The average Bonchev–Trinajstić information content (AvgIpc) is 2.38. The van der Waals surface area contributed by atoms with Crippen LogP contribution < -0.4 is 10.1 Å². The van der Waals surface area contributed by atoms with Gasteiger partial charge in [0.15, 0.2) is 0 Å². The summed E-state index contributed by atoms with van der Waals surface area (Å²) in [5.74, 6) is 0.912. The SMILES string of the molecule is Cc1cc(C)c(CNc2ccccc2OC(C)C)c(C)c1. The first kappa shape index (κ1) is 15.4. The second kappa shape index (κ2) is 6.66. The Morgan fingerprint density at radius 2 is 1.62 bits per heavy atom. The van der Waals surface area contributed by atoms with Crippen LogP contribution in [0.1, 0.15) is 36.1 Å². The van der Waals surface area contributed by atoms with Crippen molar-refractivity contribution in [2.24, 2.45) is 0 Å². The van der Waals surface area contributed by atoms with Gasteiger partial charge in [0.2, 0.25) is 0 Å². The topological polar surface area (TPSA) is 21.3 Å². The van der Waals surface area contributed by atoms with Crippen LogP contribution in [-0.2, 0) is 6.54 Å². The Morgan fingerprint density at radius 3 is 2.24 bits per heavy atom. The number of ether oxygens (including phenoxy) is 1. The van der Waals surface area contributed by atoms with E-state index in [-0.39, 0.29) is 6.10 Å². The highest BCUT2D eigenvalue weighted by molar-refractivity contribution is 5.57. The summed E-state index contributed by atoms with van der Waals surface area (Å²) in [4.78, 5) is 0. The molecule has 0 amide bonds.